The van der Waals surface area contributed by atoms with Crippen LogP contribution in [0, 0.1) is 0 Å². The zero-order valence-corrected chi connectivity index (χ0v) is 31.8. The predicted octanol–water partition coefficient (Wildman–Crippen LogP) is 9.55. The fourth-order valence-corrected chi connectivity index (χ4v) is 5.96. The molecule has 4 rings (SSSR count). The third-order valence-electron chi connectivity index (χ3n) is 9.10. The topological polar surface area (TPSA) is 124 Å². The normalized spacial score (nSPS) is 12.6. The molecule has 0 saturated heterocycles. The van der Waals surface area contributed by atoms with E-state index in [0.717, 1.165) is 100 Å². The van der Waals surface area contributed by atoms with Gasteiger partial charge in [0.15, 0.2) is 0 Å². The lowest BCUT2D eigenvalue weighted by Crippen LogP contribution is -2.22. The monoisotopic (exact) mass is 754 g/mol. The number of ether oxygens (including phenoxy) is 6. The van der Waals surface area contributed by atoms with Crippen LogP contribution in [0.25, 0.3) is 11.1 Å². The third-order valence-corrected chi connectivity index (χ3v) is 9.10. The van der Waals surface area contributed by atoms with Crippen molar-refractivity contribution < 1.29 is 47.6 Å². The van der Waals surface area contributed by atoms with Gasteiger partial charge in [-0.25, -0.2) is 14.4 Å². The Morgan fingerprint density at radius 3 is 1.65 bits per heavy atom. The van der Waals surface area contributed by atoms with Gasteiger partial charge in [-0.15, -0.1) is 0 Å². The molecule has 0 heterocycles. The molecule has 0 aliphatic heterocycles. The van der Waals surface area contributed by atoms with Crippen molar-refractivity contribution in [3.63, 3.8) is 0 Å². The second-order valence-electron chi connectivity index (χ2n) is 13.5. The summed E-state index contributed by atoms with van der Waals surface area (Å²) in [6.07, 6.45) is 13.1. The van der Waals surface area contributed by atoms with Gasteiger partial charge in [-0.1, -0.05) is 43.8 Å². The van der Waals surface area contributed by atoms with Crippen molar-refractivity contribution in [1.29, 1.82) is 0 Å². The lowest BCUT2D eigenvalue weighted by molar-refractivity contribution is -0.151. The van der Waals surface area contributed by atoms with E-state index in [4.69, 9.17) is 28.4 Å². The fourth-order valence-electron chi connectivity index (χ4n) is 5.96. The van der Waals surface area contributed by atoms with E-state index in [1.54, 1.807) is 36.4 Å². The first-order chi connectivity index (χ1) is 26.8. The van der Waals surface area contributed by atoms with Crippen LogP contribution < -0.4 is 14.2 Å². The van der Waals surface area contributed by atoms with Gasteiger partial charge in [0.1, 0.15) is 23.4 Å². The Hall–Kier alpha value is -5.38. The van der Waals surface area contributed by atoms with E-state index in [9.17, 15) is 19.2 Å². The van der Waals surface area contributed by atoms with E-state index in [-0.39, 0.29) is 24.7 Å². The predicted molar refractivity (Wildman–Crippen MR) is 210 cm³/mol. The second-order valence-corrected chi connectivity index (χ2v) is 13.5. The first-order valence-electron chi connectivity index (χ1n) is 19.4. The van der Waals surface area contributed by atoms with Crippen LogP contribution in [-0.2, 0) is 28.6 Å². The van der Waals surface area contributed by atoms with Gasteiger partial charge in [-0.2, -0.15) is 0 Å². The molecule has 0 spiro atoms. The highest BCUT2D eigenvalue weighted by Gasteiger charge is 2.20. The Bertz CT molecular complexity index is 1660. The molecule has 55 heavy (non-hydrogen) atoms. The Kier molecular flexibility index (Phi) is 18.6. The molecule has 294 valence electrons. The minimum atomic E-state index is -0.543. The number of esters is 4. The van der Waals surface area contributed by atoms with Crippen LogP contribution in [0.3, 0.4) is 0 Å². The molecule has 10 nitrogen and oxygen atoms in total. The highest BCUT2D eigenvalue weighted by Crippen LogP contribution is 2.25. The van der Waals surface area contributed by atoms with Gasteiger partial charge >= 0.3 is 23.9 Å². The zero-order valence-electron chi connectivity index (χ0n) is 31.8. The van der Waals surface area contributed by atoms with Crippen molar-refractivity contribution in [3.05, 3.63) is 103 Å². The summed E-state index contributed by atoms with van der Waals surface area (Å²) in [5.41, 5.74) is 2.53. The van der Waals surface area contributed by atoms with E-state index >= 15 is 0 Å². The standard InChI is InChI=1S/C45H54O10/c1-3-42(46)52-31-13-6-4-11-30-51-39-25-27-41(28-26-39)55-45(49)37-19-17-35(18-20-37)36-21-23-38(24-22-36)50-29-12-5-7-14-32-53-44(48)34(2)33-43(47)54-40-15-9-8-10-16-40/h3,17-28,40H,1-2,4-16,29-33H2. The maximum atomic E-state index is 12.8. The number of unbranched alkanes of at least 4 members (excludes halogenated alkanes) is 6. The Labute approximate surface area is 324 Å². The number of benzene rings is 3. The molecule has 0 atom stereocenters. The largest absolute Gasteiger partial charge is 0.494 e. The summed E-state index contributed by atoms with van der Waals surface area (Å²) in [4.78, 5) is 48.1. The van der Waals surface area contributed by atoms with E-state index in [0.29, 0.717) is 36.9 Å². The van der Waals surface area contributed by atoms with Crippen LogP contribution in [0.1, 0.15) is 100 Å². The maximum Gasteiger partial charge on any atom is 0.343 e. The van der Waals surface area contributed by atoms with Crippen molar-refractivity contribution in [2.75, 3.05) is 26.4 Å². The zero-order chi connectivity index (χ0) is 39.1. The average molecular weight is 755 g/mol. The van der Waals surface area contributed by atoms with E-state index in [1.165, 1.54) is 6.42 Å². The second kappa shape index (κ2) is 24.1. The third kappa shape index (κ3) is 16.3. The highest BCUT2D eigenvalue weighted by molar-refractivity contribution is 5.93. The fraction of sp³-hybridized carbons (Fsp3) is 0.422. The van der Waals surface area contributed by atoms with Crippen LogP contribution in [0.5, 0.6) is 17.2 Å². The Morgan fingerprint density at radius 2 is 1.09 bits per heavy atom. The SMILES string of the molecule is C=CC(=O)OCCCCCCOc1ccc(OC(=O)c2ccc(-c3ccc(OCCCCCCOC(=O)C(=C)CC(=O)OC4CCCCC4)cc3)cc2)cc1. The summed E-state index contributed by atoms with van der Waals surface area (Å²) in [5, 5.41) is 0. The summed E-state index contributed by atoms with van der Waals surface area (Å²) in [6, 6.07) is 22.0. The quantitative estimate of drug-likeness (QED) is 0.0287. The Balaban J connectivity index is 1.04. The van der Waals surface area contributed by atoms with Crippen LogP contribution in [0.2, 0.25) is 0 Å². The van der Waals surface area contributed by atoms with Crippen LogP contribution in [0.4, 0.5) is 0 Å². The van der Waals surface area contributed by atoms with Crippen molar-refractivity contribution in [2.45, 2.75) is 96.0 Å². The lowest BCUT2D eigenvalue weighted by atomic mass is 9.98. The van der Waals surface area contributed by atoms with Crippen molar-refractivity contribution >= 4 is 23.9 Å². The molecule has 1 aliphatic carbocycles. The molecule has 10 heteroatoms. The van der Waals surface area contributed by atoms with Gasteiger partial charge in [-0.05, 0) is 137 Å². The Morgan fingerprint density at radius 1 is 0.600 bits per heavy atom. The van der Waals surface area contributed by atoms with Gasteiger partial charge < -0.3 is 28.4 Å². The molecule has 3 aromatic carbocycles. The number of carbonyl (C=O) groups is 4. The molecule has 0 amide bonds. The number of hydrogen-bond donors (Lipinski definition) is 0. The lowest BCUT2D eigenvalue weighted by Gasteiger charge is -2.21. The maximum absolute atomic E-state index is 12.8. The van der Waals surface area contributed by atoms with Crippen LogP contribution in [-0.4, -0.2) is 56.4 Å². The smallest absolute Gasteiger partial charge is 0.343 e. The molecule has 1 aliphatic rings. The summed E-state index contributed by atoms with van der Waals surface area (Å²) < 4.78 is 32.9. The number of rotatable bonds is 24. The van der Waals surface area contributed by atoms with Gasteiger partial charge in [0.05, 0.1) is 38.4 Å². The van der Waals surface area contributed by atoms with Gasteiger partial charge in [0.25, 0.3) is 0 Å². The van der Waals surface area contributed by atoms with Gasteiger partial charge in [-0.3, -0.25) is 4.79 Å². The van der Waals surface area contributed by atoms with Crippen molar-refractivity contribution in [2.24, 2.45) is 0 Å². The first kappa shape index (κ1) is 42.4. The average Bonchev–Trinajstić information content (AvgIpc) is 3.20. The molecule has 0 unspecified atom stereocenters. The van der Waals surface area contributed by atoms with Gasteiger partial charge in [0, 0.05) is 11.6 Å². The molecular formula is C45H54O10. The molecule has 0 bridgehead atoms. The summed E-state index contributed by atoms with van der Waals surface area (Å²) >= 11 is 0. The van der Waals surface area contributed by atoms with Crippen LogP contribution >= 0.6 is 0 Å². The highest BCUT2D eigenvalue weighted by atomic mass is 16.6. The van der Waals surface area contributed by atoms with Gasteiger partial charge in [0.2, 0.25) is 0 Å². The summed E-state index contributed by atoms with van der Waals surface area (Å²) in [5.74, 6) is 0.107. The minimum Gasteiger partial charge on any atom is -0.494 e. The summed E-state index contributed by atoms with van der Waals surface area (Å²) in [7, 11) is 0. The van der Waals surface area contributed by atoms with Crippen molar-refractivity contribution in [1.82, 2.24) is 0 Å². The summed E-state index contributed by atoms with van der Waals surface area (Å²) in [6.45, 7) is 8.90. The number of hydrogen-bond acceptors (Lipinski definition) is 10. The molecule has 3 aromatic rings. The molecule has 1 fully saturated rings. The minimum absolute atomic E-state index is 0.0406. The number of carbonyl (C=O) groups excluding carboxylic acids is 4. The molecule has 0 aromatic heterocycles. The van der Waals surface area contributed by atoms with Crippen molar-refractivity contribution in [3.8, 4) is 28.4 Å². The van der Waals surface area contributed by atoms with E-state index in [1.807, 2.05) is 36.4 Å². The van der Waals surface area contributed by atoms with E-state index in [2.05, 4.69) is 13.2 Å². The van der Waals surface area contributed by atoms with Crippen LogP contribution in [0.15, 0.2) is 97.6 Å². The first-order valence-corrected chi connectivity index (χ1v) is 19.4. The van der Waals surface area contributed by atoms with E-state index < -0.39 is 23.9 Å². The molecule has 0 N–H and O–H groups in total. The molecular weight excluding hydrogens is 700 g/mol. The molecule has 1 saturated carbocycles. The molecule has 0 radical (unpaired) electrons.